The molecule has 0 fully saturated rings. The van der Waals surface area contributed by atoms with Crippen LogP contribution in [0.4, 0.5) is 0 Å². The molecule has 200 valence electrons. The maximum absolute atomic E-state index is 5.34. The SMILES string of the molecule is c1ccc(-c2nc(-n3c4ccccc4c4c3n3c5ccccc5cc3c3cc5ccccc5n34)nc3ccccc23)cc1. The van der Waals surface area contributed by atoms with Crippen LogP contribution >= 0.6 is 0 Å². The van der Waals surface area contributed by atoms with Crippen molar-refractivity contribution >= 4 is 65.8 Å². The second-order valence-electron chi connectivity index (χ2n) is 11.1. The number of rotatable bonds is 2. The second-order valence-corrected chi connectivity index (χ2v) is 11.1. The normalized spacial score (nSPS) is 12.2. The highest BCUT2D eigenvalue weighted by Crippen LogP contribution is 2.39. The molecule has 0 aliphatic carbocycles. The summed E-state index contributed by atoms with van der Waals surface area (Å²) in [5.41, 5.74) is 10.8. The Morgan fingerprint density at radius 3 is 1.79 bits per heavy atom. The molecule has 0 radical (unpaired) electrons. The summed E-state index contributed by atoms with van der Waals surface area (Å²) in [7, 11) is 0. The van der Waals surface area contributed by atoms with E-state index < -0.39 is 0 Å². The highest BCUT2D eigenvalue weighted by atomic mass is 15.2. The highest BCUT2D eigenvalue weighted by molar-refractivity contribution is 6.13. The third-order valence-electron chi connectivity index (χ3n) is 8.78. The van der Waals surface area contributed by atoms with Crippen LogP contribution in [0.25, 0.3) is 83.0 Å². The molecule has 5 nitrogen and oxygen atoms in total. The summed E-state index contributed by atoms with van der Waals surface area (Å²) >= 11 is 0. The number of aromatic nitrogens is 5. The van der Waals surface area contributed by atoms with Gasteiger partial charge in [-0.3, -0.25) is 8.97 Å². The van der Waals surface area contributed by atoms with Gasteiger partial charge in [-0.1, -0.05) is 103 Å². The van der Waals surface area contributed by atoms with E-state index >= 15 is 0 Å². The minimum Gasteiger partial charge on any atom is -0.304 e. The topological polar surface area (TPSA) is 39.5 Å². The van der Waals surface area contributed by atoms with Crippen LogP contribution in [-0.2, 0) is 0 Å². The molecule has 0 aliphatic rings. The first-order valence-electron chi connectivity index (χ1n) is 14.5. The third kappa shape index (κ3) is 3.00. The van der Waals surface area contributed by atoms with E-state index in [0.717, 1.165) is 55.3 Å². The van der Waals surface area contributed by atoms with E-state index in [1.165, 1.54) is 21.8 Å². The molecule has 5 heterocycles. The molecule has 5 aromatic carbocycles. The fourth-order valence-corrected chi connectivity index (χ4v) is 6.97. The lowest BCUT2D eigenvalue weighted by atomic mass is 10.1. The van der Waals surface area contributed by atoms with Crippen LogP contribution < -0.4 is 0 Å². The van der Waals surface area contributed by atoms with E-state index in [1.807, 2.05) is 12.1 Å². The monoisotopic (exact) mass is 549 g/mol. The maximum atomic E-state index is 5.34. The molecule has 43 heavy (non-hydrogen) atoms. The van der Waals surface area contributed by atoms with Gasteiger partial charge in [0, 0.05) is 27.1 Å². The van der Waals surface area contributed by atoms with Crippen molar-refractivity contribution in [3.8, 4) is 17.2 Å². The van der Waals surface area contributed by atoms with E-state index in [0.29, 0.717) is 5.95 Å². The molecule has 5 heteroatoms. The maximum Gasteiger partial charge on any atom is 0.237 e. The van der Waals surface area contributed by atoms with Gasteiger partial charge in [-0.25, -0.2) is 9.97 Å². The molecule has 0 amide bonds. The van der Waals surface area contributed by atoms with E-state index in [-0.39, 0.29) is 0 Å². The van der Waals surface area contributed by atoms with Gasteiger partial charge < -0.3 is 4.40 Å². The van der Waals surface area contributed by atoms with Crippen LogP contribution in [0.3, 0.4) is 0 Å². The largest absolute Gasteiger partial charge is 0.304 e. The van der Waals surface area contributed by atoms with Crippen LogP contribution in [0.5, 0.6) is 0 Å². The summed E-state index contributed by atoms with van der Waals surface area (Å²) in [4.78, 5) is 10.6. The zero-order chi connectivity index (χ0) is 28.1. The van der Waals surface area contributed by atoms with Crippen LogP contribution in [-0.4, -0.2) is 23.3 Å². The Morgan fingerprint density at radius 1 is 0.442 bits per heavy atom. The number of hydrogen-bond acceptors (Lipinski definition) is 2. The first-order chi connectivity index (χ1) is 21.3. The van der Waals surface area contributed by atoms with Crippen LogP contribution in [0, 0.1) is 0 Å². The first kappa shape index (κ1) is 22.7. The molecule has 0 spiro atoms. The van der Waals surface area contributed by atoms with Crippen molar-refractivity contribution in [3.63, 3.8) is 0 Å². The first-order valence-corrected chi connectivity index (χ1v) is 14.5. The van der Waals surface area contributed by atoms with Gasteiger partial charge in [0.15, 0.2) is 5.65 Å². The third-order valence-corrected chi connectivity index (χ3v) is 8.78. The molecule has 0 aliphatic heterocycles. The van der Waals surface area contributed by atoms with Crippen molar-refractivity contribution < 1.29 is 0 Å². The summed E-state index contributed by atoms with van der Waals surface area (Å²) in [6.45, 7) is 0. The van der Waals surface area contributed by atoms with Crippen LogP contribution in [0.2, 0.25) is 0 Å². The molecule has 10 rings (SSSR count). The summed E-state index contributed by atoms with van der Waals surface area (Å²) in [5.74, 6) is 0.652. The Labute approximate surface area is 245 Å². The van der Waals surface area contributed by atoms with E-state index in [1.54, 1.807) is 0 Å². The van der Waals surface area contributed by atoms with Gasteiger partial charge >= 0.3 is 0 Å². The number of para-hydroxylation sites is 4. The van der Waals surface area contributed by atoms with Crippen molar-refractivity contribution in [1.29, 1.82) is 0 Å². The minimum atomic E-state index is 0.652. The second kappa shape index (κ2) is 8.30. The van der Waals surface area contributed by atoms with Crippen molar-refractivity contribution in [1.82, 2.24) is 23.3 Å². The van der Waals surface area contributed by atoms with E-state index in [9.17, 15) is 0 Å². The van der Waals surface area contributed by atoms with Gasteiger partial charge in [-0.15, -0.1) is 0 Å². The fourth-order valence-electron chi connectivity index (χ4n) is 6.97. The Bertz CT molecular complexity index is 2730. The molecule has 0 bridgehead atoms. The van der Waals surface area contributed by atoms with Gasteiger partial charge in [0.2, 0.25) is 5.95 Å². The molecule has 0 saturated carbocycles. The predicted octanol–water partition coefficient (Wildman–Crippen LogP) is 9.21. The number of nitrogens with zero attached hydrogens (tertiary/aromatic N) is 5. The quantitative estimate of drug-likeness (QED) is 0.216. The summed E-state index contributed by atoms with van der Waals surface area (Å²) in [6.07, 6.45) is 0. The van der Waals surface area contributed by atoms with Gasteiger partial charge in [-0.2, -0.15) is 0 Å². The zero-order valence-corrected chi connectivity index (χ0v) is 23.0. The van der Waals surface area contributed by atoms with Crippen molar-refractivity contribution in [2.45, 2.75) is 0 Å². The van der Waals surface area contributed by atoms with Gasteiger partial charge in [-0.05, 0) is 36.4 Å². The van der Waals surface area contributed by atoms with Crippen LogP contribution in [0.15, 0.2) is 140 Å². The molecular weight excluding hydrogens is 526 g/mol. The predicted molar refractivity (Wildman–Crippen MR) is 176 cm³/mol. The van der Waals surface area contributed by atoms with Crippen molar-refractivity contribution in [2.24, 2.45) is 0 Å². The number of hydrogen-bond donors (Lipinski definition) is 0. The summed E-state index contributed by atoms with van der Waals surface area (Å²) in [6, 6.07) is 49.3. The standard InChI is InChI=1S/C38H23N5/c1-2-12-24(13-3-1)35-27-16-6-8-18-29(27)39-38(40-35)43-32-21-11-7-17-28(32)36-37(43)42-31-20-10-5-15-26(31)23-34(42)33-22-25-14-4-9-19-30(25)41(33)36/h1-23H. The fraction of sp³-hybridized carbons (Fsp3) is 0. The average Bonchev–Trinajstić information content (AvgIpc) is 3.74. The van der Waals surface area contributed by atoms with Crippen LogP contribution in [0.1, 0.15) is 0 Å². The smallest absolute Gasteiger partial charge is 0.237 e. The molecular formula is C38H23N5. The van der Waals surface area contributed by atoms with Crippen molar-refractivity contribution in [3.05, 3.63) is 140 Å². The summed E-state index contributed by atoms with van der Waals surface area (Å²) in [5, 5.41) is 4.60. The average molecular weight is 550 g/mol. The lowest BCUT2D eigenvalue weighted by Gasteiger charge is -2.13. The zero-order valence-electron chi connectivity index (χ0n) is 23.0. The minimum absolute atomic E-state index is 0.652. The Balaban J connectivity index is 1.49. The molecule has 0 unspecified atom stereocenters. The molecule has 0 N–H and O–H groups in total. The van der Waals surface area contributed by atoms with E-state index in [4.69, 9.17) is 9.97 Å². The Kier molecular flexibility index (Phi) is 4.39. The molecule has 5 aromatic heterocycles. The van der Waals surface area contributed by atoms with Crippen molar-refractivity contribution in [2.75, 3.05) is 0 Å². The lowest BCUT2D eigenvalue weighted by molar-refractivity contribution is 0.988. The number of benzene rings is 5. The molecule has 0 saturated heterocycles. The lowest BCUT2D eigenvalue weighted by Crippen LogP contribution is -2.06. The van der Waals surface area contributed by atoms with E-state index in [2.05, 4.69) is 141 Å². The number of fused-ring (bicyclic) bond motifs is 13. The summed E-state index contributed by atoms with van der Waals surface area (Å²) < 4.78 is 7.09. The van der Waals surface area contributed by atoms with Gasteiger partial charge in [0.25, 0.3) is 0 Å². The van der Waals surface area contributed by atoms with Gasteiger partial charge in [0.05, 0.1) is 44.3 Å². The highest BCUT2D eigenvalue weighted by Gasteiger charge is 2.24. The molecule has 0 atom stereocenters. The Hall–Kier alpha value is -5.94. The van der Waals surface area contributed by atoms with Gasteiger partial charge in [0.1, 0.15) is 0 Å². The molecule has 10 aromatic rings. The Morgan fingerprint density at radius 2 is 1.02 bits per heavy atom.